The molecule has 0 unspecified atom stereocenters. The van der Waals surface area contributed by atoms with E-state index in [1.165, 1.54) is 0 Å². The molecule has 3 heterocycles. The maximum Gasteiger partial charge on any atom is 0.262 e. The van der Waals surface area contributed by atoms with Crippen molar-refractivity contribution >= 4 is 23.5 Å². The topological polar surface area (TPSA) is 75.5 Å². The number of pyridine rings is 2. The number of allylic oxidation sites excluding steroid dienone is 1. The lowest BCUT2D eigenvalue weighted by Gasteiger charge is -2.36. The quantitative estimate of drug-likeness (QED) is 0.635. The van der Waals surface area contributed by atoms with Crippen LogP contribution in [0.3, 0.4) is 0 Å². The molecule has 2 atom stereocenters. The van der Waals surface area contributed by atoms with Crippen molar-refractivity contribution in [1.29, 1.82) is 0 Å². The minimum Gasteiger partial charge on any atom is -0.352 e. The Morgan fingerprint density at radius 3 is 2.73 bits per heavy atom. The molecule has 172 valence electrons. The van der Waals surface area contributed by atoms with Gasteiger partial charge in [0, 0.05) is 57.8 Å². The summed E-state index contributed by atoms with van der Waals surface area (Å²) in [6.07, 6.45) is 6.46. The lowest BCUT2D eigenvalue weighted by Crippen LogP contribution is -2.47. The van der Waals surface area contributed by atoms with Crippen LogP contribution in [0, 0.1) is 0 Å². The normalized spacial score (nSPS) is 22.0. The van der Waals surface area contributed by atoms with Gasteiger partial charge >= 0.3 is 0 Å². The van der Waals surface area contributed by atoms with Crippen LogP contribution in [0.25, 0.3) is 6.08 Å². The van der Waals surface area contributed by atoms with E-state index in [1.54, 1.807) is 24.6 Å². The fraction of sp³-hybridized carbons (Fsp3) is 0.462. The Morgan fingerprint density at radius 2 is 1.97 bits per heavy atom. The average molecular weight is 447 g/mol. The van der Waals surface area contributed by atoms with E-state index < -0.39 is 0 Å². The number of carbonyl (C=O) groups excluding carboxylic acids is 2. The van der Waals surface area contributed by atoms with Gasteiger partial charge in [-0.15, -0.1) is 0 Å². The van der Waals surface area contributed by atoms with E-state index in [4.69, 9.17) is 0 Å². The number of rotatable bonds is 6. The third-order valence-corrected chi connectivity index (χ3v) is 7.26. The molecule has 1 saturated heterocycles. The van der Waals surface area contributed by atoms with E-state index in [1.807, 2.05) is 25.3 Å². The molecule has 2 aromatic rings. The Balaban J connectivity index is 1.29. The van der Waals surface area contributed by atoms with Gasteiger partial charge in [-0.3, -0.25) is 28.8 Å². The number of nitrogens with zero attached hydrogens (tertiary/aromatic N) is 4. The van der Waals surface area contributed by atoms with Crippen molar-refractivity contribution in [2.45, 2.75) is 58.2 Å². The molecule has 1 aliphatic heterocycles. The standard InChI is InChI=1S/C26H30N4O3/c1-4-17-11-20-18(12-24(17)32)10-16(14-27-20)15-29-8-9-30(22-13-21(22)29)25-7-6-19(23(31)5-2)26(33)28(25)3/h6-7,10-11,14,21-22H,4-5,8-9,12-13,15H2,1-3H3/t21-,22+/m0/s1. The highest BCUT2D eigenvalue weighted by Gasteiger charge is 2.49. The molecule has 0 bridgehead atoms. The summed E-state index contributed by atoms with van der Waals surface area (Å²) >= 11 is 0. The van der Waals surface area contributed by atoms with Gasteiger partial charge in [0.2, 0.25) is 0 Å². The summed E-state index contributed by atoms with van der Waals surface area (Å²) in [4.78, 5) is 46.5. The molecule has 1 saturated carbocycles. The van der Waals surface area contributed by atoms with E-state index in [2.05, 4.69) is 20.9 Å². The molecule has 2 aliphatic carbocycles. The Labute approximate surface area is 193 Å². The zero-order valence-electron chi connectivity index (χ0n) is 19.5. The highest BCUT2D eigenvalue weighted by molar-refractivity contribution is 6.03. The van der Waals surface area contributed by atoms with Crippen LogP contribution in [0.5, 0.6) is 0 Å². The van der Waals surface area contributed by atoms with Crippen LogP contribution in [-0.2, 0) is 24.8 Å². The highest BCUT2D eigenvalue weighted by atomic mass is 16.1. The molecule has 2 fully saturated rings. The average Bonchev–Trinajstić information content (AvgIpc) is 3.62. The third kappa shape index (κ3) is 3.84. The molecule has 33 heavy (non-hydrogen) atoms. The second kappa shape index (κ2) is 8.37. The predicted octanol–water partition coefficient (Wildman–Crippen LogP) is 2.75. The largest absolute Gasteiger partial charge is 0.352 e. The highest BCUT2D eigenvalue weighted by Crippen LogP contribution is 2.40. The lowest BCUT2D eigenvalue weighted by atomic mass is 9.92. The van der Waals surface area contributed by atoms with Crippen molar-refractivity contribution in [3.63, 3.8) is 0 Å². The van der Waals surface area contributed by atoms with Crippen molar-refractivity contribution < 1.29 is 9.59 Å². The Bertz CT molecular complexity index is 1230. The summed E-state index contributed by atoms with van der Waals surface area (Å²) in [5.41, 5.74) is 4.01. The van der Waals surface area contributed by atoms with Crippen molar-refractivity contribution in [2.75, 3.05) is 18.0 Å². The van der Waals surface area contributed by atoms with Crippen LogP contribution >= 0.6 is 0 Å². The second-order valence-electron chi connectivity index (χ2n) is 9.29. The van der Waals surface area contributed by atoms with Crippen LogP contribution in [0.15, 0.2) is 34.8 Å². The van der Waals surface area contributed by atoms with Crippen molar-refractivity contribution in [3.8, 4) is 0 Å². The number of hydrogen-bond acceptors (Lipinski definition) is 6. The van der Waals surface area contributed by atoms with Crippen LogP contribution in [-0.4, -0.2) is 51.2 Å². The number of aromatic nitrogens is 2. The number of hydrogen-bond donors (Lipinski definition) is 0. The first-order valence-corrected chi connectivity index (χ1v) is 11.9. The molecule has 7 heteroatoms. The summed E-state index contributed by atoms with van der Waals surface area (Å²) in [5, 5.41) is 0. The van der Waals surface area contributed by atoms with Gasteiger partial charge in [-0.05, 0) is 47.8 Å². The maximum absolute atomic E-state index is 12.7. The Morgan fingerprint density at radius 1 is 1.15 bits per heavy atom. The van der Waals surface area contributed by atoms with E-state index in [-0.39, 0.29) is 22.7 Å². The third-order valence-electron chi connectivity index (χ3n) is 7.26. The molecule has 0 radical (unpaired) electrons. The van der Waals surface area contributed by atoms with E-state index >= 15 is 0 Å². The molecule has 0 N–H and O–H groups in total. The predicted molar refractivity (Wildman–Crippen MR) is 127 cm³/mol. The van der Waals surface area contributed by atoms with Crippen molar-refractivity contribution in [2.24, 2.45) is 7.05 Å². The molecule has 2 aromatic heterocycles. The second-order valence-corrected chi connectivity index (χ2v) is 9.29. The fourth-order valence-corrected chi connectivity index (χ4v) is 5.26. The van der Waals surface area contributed by atoms with Gasteiger partial charge in [-0.25, -0.2) is 0 Å². The van der Waals surface area contributed by atoms with Gasteiger partial charge in [0.25, 0.3) is 5.56 Å². The maximum atomic E-state index is 12.7. The van der Waals surface area contributed by atoms with Gasteiger partial charge in [0.15, 0.2) is 11.6 Å². The first-order chi connectivity index (χ1) is 15.9. The minimum atomic E-state index is -0.214. The molecule has 5 rings (SSSR count). The zero-order chi connectivity index (χ0) is 23.3. The van der Waals surface area contributed by atoms with Gasteiger partial charge in [-0.2, -0.15) is 0 Å². The van der Waals surface area contributed by atoms with Crippen molar-refractivity contribution in [3.05, 3.63) is 62.7 Å². The smallest absolute Gasteiger partial charge is 0.262 e. The molecular formula is C26H30N4O3. The minimum absolute atomic E-state index is 0.113. The zero-order valence-corrected chi connectivity index (χ0v) is 19.5. The summed E-state index contributed by atoms with van der Waals surface area (Å²) in [5.74, 6) is 0.974. The number of fused-ring (bicyclic) bond motifs is 2. The fourth-order valence-electron chi connectivity index (χ4n) is 5.26. The number of Topliss-reactive ketones (excluding diaryl/α,β-unsaturated/α-hetero) is 2. The molecule has 0 aromatic carbocycles. The number of carbonyl (C=O) groups is 2. The lowest BCUT2D eigenvalue weighted by molar-refractivity contribution is -0.115. The van der Waals surface area contributed by atoms with E-state index in [0.29, 0.717) is 24.9 Å². The van der Waals surface area contributed by atoms with Gasteiger partial charge < -0.3 is 4.90 Å². The molecule has 0 amide bonds. The Hall–Kier alpha value is -3.06. The van der Waals surface area contributed by atoms with E-state index in [9.17, 15) is 14.4 Å². The van der Waals surface area contributed by atoms with Gasteiger partial charge in [0.05, 0.1) is 11.3 Å². The molecule has 0 spiro atoms. The van der Waals surface area contributed by atoms with Crippen LogP contribution in [0.1, 0.15) is 60.3 Å². The number of ketones is 2. The summed E-state index contributed by atoms with van der Waals surface area (Å²) in [6.45, 7) is 6.32. The molecular weight excluding hydrogens is 416 g/mol. The van der Waals surface area contributed by atoms with Crippen LogP contribution in [0.2, 0.25) is 0 Å². The summed E-state index contributed by atoms with van der Waals surface area (Å²) in [6, 6.07) is 6.55. The number of piperazine rings is 1. The molecule has 3 aliphatic rings. The van der Waals surface area contributed by atoms with E-state index in [0.717, 1.165) is 60.7 Å². The van der Waals surface area contributed by atoms with Crippen molar-refractivity contribution in [1.82, 2.24) is 14.5 Å². The van der Waals surface area contributed by atoms with Gasteiger partial charge in [0.1, 0.15) is 5.82 Å². The van der Waals surface area contributed by atoms with Gasteiger partial charge in [-0.1, -0.05) is 19.9 Å². The summed E-state index contributed by atoms with van der Waals surface area (Å²) in [7, 11) is 1.76. The Kier molecular flexibility index (Phi) is 5.52. The van der Waals surface area contributed by atoms with Crippen LogP contribution in [0.4, 0.5) is 5.82 Å². The SMILES string of the molecule is CCC(=O)c1ccc(N2CCN(Cc3cnc4c(c3)CC(=O)C(CC)=C4)[C@H]3C[C@H]32)n(C)c1=O. The number of anilines is 1. The first kappa shape index (κ1) is 21.8. The molecule has 7 nitrogen and oxygen atoms in total. The first-order valence-electron chi connectivity index (χ1n) is 11.9. The summed E-state index contributed by atoms with van der Waals surface area (Å²) < 4.78 is 1.62. The van der Waals surface area contributed by atoms with Crippen LogP contribution < -0.4 is 10.5 Å². The monoisotopic (exact) mass is 446 g/mol.